The van der Waals surface area contributed by atoms with Crippen molar-refractivity contribution in [2.24, 2.45) is 5.41 Å². The Labute approximate surface area is 115 Å². The standard InChI is InChI=1S/C8H18O2.C5H12O4/c1-2-3-4-5-6-8(10)7-9;6-1-5(2-7,3-8)4-9/h8-10H,2-7H2,1H3;6-9H,1-4H2. The third-order valence-corrected chi connectivity index (χ3v) is 2.94. The zero-order valence-electron chi connectivity index (χ0n) is 11.8. The molecule has 0 bridgehead atoms. The summed E-state index contributed by atoms with van der Waals surface area (Å²) in [7, 11) is 0. The Morgan fingerprint density at radius 2 is 1.26 bits per heavy atom. The third-order valence-electron chi connectivity index (χ3n) is 2.94. The molecule has 0 saturated carbocycles. The normalized spacial score (nSPS) is 12.8. The maximum absolute atomic E-state index is 8.91. The van der Waals surface area contributed by atoms with Gasteiger partial charge in [-0.25, -0.2) is 0 Å². The molecule has 0 aliphatic heterocycles. The highest BCUT2D eigenvalue weighted by molar-refractivity contribution is 4.74. The van der Waals surface area contributed by atoms with E-state index >= 15 is 0 Å². The van der Waals surface area contributed by atoms with Gasteiger partial charge >= 0.3 is 0 Å². The van der Waals surface area contributed by atoms with Gasteiger partial charge < -0.3 is 30.6 Å². The molecule has 118 valence electrons. The second kappa shape index (κ2) is 14.2. The lowest BCUT2D eigenvalue weighted by Crippen LogP contribution is -2.37. The highest BCUT2D eigenvalue weighted by Gasteiger charge is 2.26. The molecule has 0 amide bonds. The number of hydrogen-bond donors (Lipinski definition) is 6. The van der Waals surface area contributed by atoms with Gasteiger partial charge in [0, 0.05) is 0 Å². The molecule has 0 aromatic heterocycles. The van der Waals surface area contributed by atoms with Crippen LogP contribution < -0.4 is 0 Å². The highest BCUT2D eigenvalue weighted by atomic mass is 16.3. The van der Waals surface area contributed by atoms with E-state index in [4.69, 9.17) is 30.6 Å². The van der Waals surface area contributed by atoms with Gasteiger partial charge in [-0.3, -0.25) is 0 Å². The van der Waals surface area contributed by atoms with Gasteiger partial charge in [0.05, 0.1) is 44.6 Å². The minimum atomic E-state index is -1.11. The predicted octanol–water partition coefficient (Wildman–Crippen LogP) is -0.748. The van der Waals surface area contributed by atoms with Crippen molar-refractivity contribution >= 4 is 0 Å². The first-order chi connectivity index (χ1) is 9.05. The molecule has 0 spiro atoms. The van der Waals surface area contributed by atoms with Crippen LogP contribution in [-0.2, 0) is 0 Å². The summed E-state index contributed by atoms with van der Waals surface area (Å²) in [6.45, 7) is 0.439. The quantitative estimate of drug-likeness (QED) is 0.293. The summed E-state index contributed by atoms with van der Waals surface area (Å²) in [6.07, 6.45) is 4.92. The van der Waals surface area contributed by atoms with Crippen LogP contribution in [0, 0.1) is 5.41 Å². The summed E-state index contributed by atoms with van der Waals surface area (Å²) < 4.78 is 0. The summed E-state index contributed by atoms with van der Waals surface area (Å²) in [5.74, 6) is 0. The average Bonchev–Trinajstić information content (AvgIpc) is 2.47. The SMILES string of the molecule is CCCCCCC(O)CO.OCC(CO)(CO)CO. The second-order valence-corrected chi connectivity index (χ2v) is 4.82. The Morgan fingerprint density at radius 1 is 0.789 bits per heavy atom. The largest absolute Gasteiger partial charge is 0.396 e. The summed E-state index contributed by atoms with van der Waals surface area (Å²) in [4.78, 5) is 0. The molecule has 0 heterocycles. The van der Waals surface area contributed by atoms with Crippen molar-refractivity contribution in [3.05, 3.63) is 0 Å². The van der Waals surface area contributed by atoms with Crippen LogP contribution >= 0.6 is 0 Å². The van der Waals surface area contributed by atoms with Crippen LogP contribution in [0.2, 0.25) is 0 Å². The maximum Gasteiger partial charge on any atom is 0.0770 e. The highest BCUT2D eigenvalue weighted by Crippen LogP contribution is 2.11. The topological polar surface area (TPSA) is 121 Å². The van der Waals surface area contributed by atoms with Crippen molar-refractivity contribution in [1.29, 1.82) is 0 Å². The fourth-order valence-corrected chi connectivity index (χ4v) is 1.20. The van der Waals surface area contributed by atoms with Crippen LogP contribution in [-0.4, -0.2) is 69.8 Å². The average molecular weight is 282 g/mol. The van der Waals surface area contributed by atoms with E-state index in [1.165, 1.54) is 19.3 Å². The van der Waals surface area contributed by atoms with Crippen molar-refractivity contribution in [1.82, 2.24) is 0 Å². The van der Waals surface area contributed by atoms with E-state index in [-0.39, 0.29) is 6.61 Å². The van der Waals surface area contributed by atoms with Crippen molar-refractivity contribution < 1.29 is 30.6 Å². The Kier molecular flexibility index (Phi) is 15.7. The predicted molar refractivity (Wildman–Crippen MR) is 72.6 cm³/mol. The summed E-state index contributed by atoms with van der Waals surface area (Å²) in [5, 5.41) is 51.3. The van der Waals surface area contributed by atoms with Crippen molar-refractivity contribution in [3.63, 3.8) is 0 Å². The van der Waals surface area contributed by atoms with E-state index in [2.05, 4.69) is 6.92 Å². The van der Waals surface area contributed by atoms with Gasteiger partial charge in [-0.1, -0.05) is 32.6 Å². The Balaban J connectivity index is 0. The first kappa shape index (κ1) is 21.1. The fourth-order valence-electron chi connectivity index (χ4n) is 1.20. The smallest absolute Gasteiger partial charge is 0.0770 e. The minimum absolute atomic E-state index is 0.0911. The molecule has 0 aromatic carbocycles. The maximum atomic E-state index is 8.91. The molecule has 6 nitrogen and oxygen atoms in total. The molecule has 6 heteroatoms. The van der Waals surface area contributed by atoms with Gasteiger partial charge in [0.1, 0.15) is 0 Å². The molecule has 0 fully saturated rings. The lowest BCUT2D eigenvalue weighted by Gasteiger charge is -2.23. The van der Waals surface area contributed by atoms with Crippen molar-refractivity contribution in [2.75, 3.05) is 33.0 Å². The number of aliphatic hydroxyl groups is 6. The van der Waals surface area contributed by atoms with Gasteiger partial charge in [0.25, 0.3) is 0 Å². The molecule has 0 saturated heterocycles. The Hall–Kier alpha value is -0.240. The van der Waals surface area contributed by atoms with Crippen molar-refractivity contribution in [3.8, 4) is 0 Å². The molecule has 0 rings (SSSR count). The monoisotopic (exact) mass is 282 g/mol. The van der Waals surface area contributed by atoms with E-state index in [0.29, 0.717) is 0 Å². The van der Waals surface area contributed by atoms with Crippen LogP contribution in [0.3, 0.4) is 0 Å². The zero-order valence-corrected chi connectivity index (χ0v) is 11.8. The molecule has 0 aliphatic carbocycles. The Morgan fingerprint density at radius 3 is 1.53 bits per heavy atom. The molecule has 0 aliphatic rings. The molecule has 19 heavy (non-hydrogen) atoms. The first-order valence-corrected chi connectivity index (χ1v) is 6.78. The fraction of sp³-hybridized carbons (Fsp3) is 1.00. The van der Waals surface area contributed by atoms with Gasteiger partial charge in [-0.2, -0.15) is 0 Å². The van der Waals surface area contributed by atoms with Gasteiger partial charge in [0.2, 0.25) is 0 Å². The lowest BCUT2D eigenvalue weighted by atomic mass is 9.93. The van der Waals surface area contributed by atoms with Gasteiger partial charge in [0.15, 0.2) is 0 Å². The van der Waals surface area contributed by atoms with Crippen LogP contribution in [0.1, 0.15) is 39.0 Å². The van der Waals surface area contributed by atoms with Crippen molar-refractivity contribution in [2.45, 2.75) is 45.1 Å². The molecule has 6 N–H and O–H groups in total. The lowest BCUT2D eigenvalue weighted by molar-refractivity contribution is -0.0328. The molecule has 1 atom stereocenters. The summed E-state index contributed by atoms with van der Waals surface area (Å²) >= 11 is 0. The molecular formula is C13H30O6. The number of hydrogen-bond acceptors (Lipinski definition) is 6. The molecule has 0 radical (unpaired) electrons. The van der Waals surface area contributed by atoms with E-state index < -0.39 is 37.9 Å². The van der Waals surface area contributed by atoms with Crippen LogP contribution in [0.4, 0.5) is 0 Å². The molecular weight excluding hydrogens is 252 g/mol. The minimum Gasteiger partial charge on any atom is -0.396 e. The van der Waals surface area contributed by atoms with Crippen LogP contribution in [0.5, 0.6) is 0 Å². The van der Waals surface area contributed by atoms with E-state index in [1.807, 2.05) is 0 Å². The summed E-state index contributed by atoms with van der Waals surface area (Å²) in [5.41, 5.74) is -1.11. The van der Waals surface area contributed by atoms with Gasteiger partial charge in [-0.15, -0.1) is 0 Å². The zero-order chi connectivity index (χ0) is 15.1. The van der Waals surface area contributed by atoms with E-state index in [9.17, 15) is 0 Å². The summed E-state index contributed by atoms with van der Waals surface area (Å²) in [6, 6.07) is 0. The van der Waals surface area contributed by atoms with Crippen LogP contribution in [0.25, 0.3) is 0 Å². The number of rotatable bonds is 10. The number of aliphatic hydroxyl groups excluding tert-OH is 6. The first-order valence-electron chi connectivity index (χ1n) is 6.78. The van der Waals surface area contributed by atoms with E-state index in [1.54, 1.807) is 0 Å². The van der Waals surface area contributed by atoms with Crippen LogP contribution in [0.15, 0.2) is 0 Å². The Bertz CT molecular complexity index is 155. The second-order valence-electron chi connectivity index (χ2n) is 4.82. The van der Waals surface area contributed by atoms with Gasteiger partial charge in [-0.05, 0) is 6.42 Å². The third kappa shape index (κ3) is 11.3. The number of unbranched alkanes of at least 4 members (excludes halogenated alkanes) is 3. The molecule has 0 aromatic rings. The molecule has 1 unspecified atom stereocenters. The van der Waals surface area contributed by atoms with E-state index in [0.717, 1.165) is 12.8 Å².